The molecule has 0 aliphatic heterocycles. The number of hydrogen-bond donors (Lipinski definition) is 0. The van der Waals surface area contributed by atoms with Gasteiger partial charge in [0.2, 0.25) is 0 Å². The summed E-state index contributed by atoms with van der Waals surface area (Å²) >= 11 is 0. The molecule has 0 N–H and O–H groups in total. The van der Waals surface area contributed by atoms with Crippen LogP contribution < -0.4 is 0 Å². The normalized spacial score (nSPS) is 13.6. The first kappa shape index (κ1) is 63.7. The van der Waals surface area contributed by atoms with Gasteiger partial charge in [-0.1, -0.05) is 243 Å². The molecule has 0 unspecified atom stereocenters. The molecular formula is C108H72N8. The maximum absolute atomic E-state index is 2.67. The van der Waals surface area contributed by atoms with E-state index in [0.29, 0.717) is 0 Å². The third-order valence-corrected chi connectivity index (χ3v) is 25.9. The minimum Gasteiger partial charge on any atom is -0.311 e. The van der Waals surface area contributed by atoms with E-state index in [1.165, 1.54) is 142 Å². The quantitative estimate of drug-likeness (QED) is 0.138. The van der Waals surface area contributed by atoms with Crippen molar-refractivity contribution in [2.24, 2.45) is 0 Å². The predicted octanol–water partition coefficient (Wildman–Crippen LogP) is 27.5. The van der Waals surface area contributed by atoms with Gasteiger partial charge in [0.15, 0.2) is 0 Å². The van der Waals surface area contributed by atoms with Crippen LogP contribution in [0.5, 0.6) is 0 Å². The van der Waals surface area contributed by atoms with Crippen molar-refractivity contribution in [1.82, 2.24) is 36.5 Å². The zero-order valence-corrected chi connectivity index (χ0v) is 63.5. The number of rotatable bonds is 9. The second kappa shape index (κ2) is 24.3. The van der Waals surface area contributed by atoms with Crippen molar-refractivity contribution in [2.75, 3.05) is 0 Å². The summed E-state index contributed by atoms with van der Waals surface area (Å²) in [5.74, 6) is 0. The molecule has 8 heterocycles. The Labute approximate surface area is 666 Å². The van der Waals surface area contributed by atoms with Crippen LogP contribution in [0.2, 0.25) is 0 Å². The molecule has 0 bridgehead atoms. The third kappa shape index (κ3) is 8.81. The smallest absolute Gasteiger partial charge is 0.0788 e. The Balaban J connectivity index is 0.860. The molecule has 26 rings (SSSR count). The van der Waals surface area contributed by atoms with Gasteiger partial charge < -0.3 is 36.5 Å². The van der Waals surface area contributed by atoms with Crippen LogP contribution in [0.25, 0.3) is 217 Å². The summed E-state index contributed by atoms with van der Waals surface area (Å²) in [5.41, 5.74) is 34.0. The van der Waals surface area contributed by atoms with E-state index in [2.05, 4.69) is 401 Å². The minimum atomic E-state index is 0.914. The van der Waals surface area contributed by atoms with Crippen LogP contribution in [0.15, 0.2) is 346 Å². The highest BCUT2D eigenvalue weighted by atomic mass is 15.1. The van der Waals surface area contributed by atoms with Crippen LogP contribution in [-0.2, 0) is 19.3 Å². The summed E-state index contributed by atoms with van der Waals surface area (Å²) in [5, 5.41) is 15.8. The summed E-state index contributed by atoms with van der Waals surface area (Å²) < 4.78 is 20.9. The van der Waals surface area contributed by atoms with Gasteiger partial charge >= 0.3 is 0 Å². The van der Waals surface area contributed by atoms with Gasteiger partial charge in [0.25, 0.3) is 0 Å². The van der Waals surface area contributed by atoms with Crippen LogP contribution in [-0.4, -0.2) is 36.5 Å². The van der Waals surface area contributed by atoms with E-state index in [0.717, 1.165) is 128 Å². The first-order valence-electron chi connectivity index (χ1n) is 40.9. The molecule has 0 spiro atoms. The number of aryl methyl sites for hydroxylation is 1. The molecule has 8 heteroatoms. The Kier molecular flexibility index (Phi) is 13.4. The highest BCUT2D eigenvalue weighted by molar-refractivity contribution is 6.26. The van der Waals surface area contributed by atoms with Crippen LogP contribution in [0, 0.1) is 0 Å². The number of aromatic nitrogens is 8. The zero-order chi connectivity index (χ0) is 75.5. The topological polar surface area (TPSA) is 39.4 Å². The summed E-state index contributed by atoms with van der Waals surface area (Å²) in [4.78, 5) is 0. The molecule has 0 saturated carbocycles. The van der Waals surface area contributed by atoms with Crippen molar-refractivity contribution < 1.29 is 0 Å². The predicted molar refractivity (Wildman–Crippen MR) is 486 cm³/mol. The van der Waals surface area contributed by atoms with E-state index in [-0.39, 0.29) is 0 Å². The lowest BCUT2D eigenvalue weighted by Crippen LogP contribution is -2.06. The van der Waals surface area contributed by atoms with Crippen LogP contribution in [0.3, 0.4) is 0 Å². The Morgan fingerprint density at radius 1 is 0.181 bits per heavy atom. The monoisotopic (exact) mass is 1480 g/mol. The number of fused-ring (bicyclic) bond motifs is 28. The SMILES string of the molecule is C1=Cc2c(c3ccc4c5ccccc5n(-c5ccccc5)c4c3n2-c2cc(-c3cc(-n4c5ccccc5c5ccc6c7c(n(-c8ccccc8)c6c54)CCC=C7)cc(-n4c5ccccc5c5ccc6c7c(n(-c8ccccc8)c6c54)CCC=C7)c3)cc(-n3c4ccccc4c4ccc5c6ccccc6n(-c6ccccc6)c5c43)c2)CC1. The number of allylic oxidation sites excluding steroid dienone is 3. The molecule has 15 aromatic carbocycles. The molecule has 8 aromatic heterocycles. The van der Waals surface area contributed by atoms with Crippen LogP contribution in [0.4, 0.5) is 0 Å². The Morgan fingerprint density at radius 3 is 0.793 bits per heavy atom. The Morgan fingerprint density at radius 2 is 0.440 bits per heavy atom. The molecule has 0 saturated heterocycles. The molecule has 544 valence electrons. The lowest BCUT2D eigenvalue weighted by atomic mass is 10.00. The van der Waals surface area contributed by atoms with Gasteiger partial charge in [-0.15, -0.1) is 0 Å². The van der Waals surface area contributed by atoms with Crippen molar-refractivity contribution in [3.05, 3.63) is 380 Å². The van der Waals surface area contributed by atoms with Crippen molar-refractivity contribution in [2.45, 2.75) is 38.5 Å². The lowest BCUT2D eigenvalue weighted by molar-refractivity contribution is 0.889. The molecule has 23 aromatic rings. The van der Waals surface area contributed by atoms with E-state index >= 15 is 0 Å². The highest BCUT2D eigenvalue weighted by Gasteiger charge is 2.32. The van der Waals surface area contributed by atoms with E-state index in [1.807, 2.05) is 0 Å². The Bertz CT molecular complexity index is 8060. The molecule has 116 heavy (non-hydrogen) atoms. The van der Waals surface area contributed by atoms with Crippen molar-refractivity contribution in [1.29, 1.82) is 0 Å². The van der Waals surface area contributed by atoms with E-state index in [1.54, 1.807) is 0 Å². The standard InChI is InChI=1S/C108H72N8/c1-5-29-69(30-6-1)109-93-45-21-13-37-77(93)85-53-57-89-81-41-17-25-49-97(81)113(105(89)101(85)109)73-61-67(62-74(65-73)114-98-50-26-18-42-82(98)90-58-54-86-78-38-14-22-46-94(78)110(102(86)106(90)114)70-31-7-2-8-32-70)68-63-75(115-99-51-27-19-43-83(99)91-59-55-87-79-39-15-23-47-95(79)111(103(87)107(91)115)71-33-9-3-10-34-71)66-76(64-68)116-100-52-28-20-44-84(100)92-60-56-88-80-40-16-24-48-96(80)112(104(88)108(92)116)72-35-11-4-12-36-72/h1-19,23-43,47-66H,20-22,44-46H2. The third-order valence-electron chi connectivity index (χ3n) is 25.9. The molecule has 0 atom stereocenters. The van der Waals surface area contributed by atoms with E-state index in [9.17, 15) is 0 Å². The molecule has 0 radical (unpaired) electrons. The van der Waals surface area contributed by atoms with Gasteiger partial charge in [0.1, 0.15) is 0 Å². The number of nitrogens with zero attached hydrogens (tertiary/aromatic N) is 8. The van der Waals surface area contributed by atoms with Crippen molar-refractivity contribution in [3.8, 4) is 56.6 Å². The minimum absolute atomic E-state index is 0.914. The molecule has 3 aliphatic rings. The number of benzene rings is 15. The van der Waals surface area contributed by atoms with E-state index < -0.39 is 0 Å². The Hall–Kier alpha value is -14.9. The maximum Gasteiger partial charge on any atom is 0.0788 e. The highest BCUT2D eigenvalue weighted by Crippen LogP contribution is 2.51. The van der Waals surface area contributed by atoms with Crippen LogP contribution >= 0.6 is 0 Å². The molecule has 3 aliphatic carbocycles. The average molecular weight is 1480 g/mol. The first-order chi connectivity index (χ1) is 57.6. The fraction of sp³-hybridized carbons (Fsp3) is 0.0556. The molecule has 0 amide bonds. The van der Waals surface area contributed by atoms with Gasteiger partial charge in [-0.3, -0.25) is 0 Å². The first-order valence-corrected chi connectivity index (χ1v) is 40.9. The van der Waals surface area contributed by atoms with Gasteiger partial charge in [-0.05, 0) is 177 Å². The van der Waals surface area contributed by atoms with Crippen molar-refractivity contribution in [3.63, 3.8) is 0 Å². The average Bonchev–Trinajstić information content (AvgIpc) is 1.54. The summed E-state index contributed by atoms with van der Waals surface area (Å²) in [6.45, 7) is 0. The summed E-state index contributed by atoms with van der Waals surface area (Å²) in [6, 6.07) is 124. The van der Waals surface area contributed by atoms with Gasteiger partial charge in [0, 0.05) is 144 Å². The fourth-order valence-corrected chi connectivity index (χ4v) is 21.3. The second-order valence-corrected chi connectivity index (χ2v) is 31.9. The number of hydrogen-bond acceptors (Lipinski definition) is 0. The fourth-order valence-electron chi connectivity index (χ4n) is 21.3. The van der Waals surface area contributed by atoms with E-state index in [4.69, 9.17) is 0 Å². The maximum atomic E-state index is 2.67. The zero-order valence-electron chi connectivity index (χ0n) is 63.5. The van der Waals surface area contributed by atoms with Gasteiger partial charge in [-0.25, -0.2) is 0 Å². The molecule has 8 nitrogen and oxygen atoms in total. The van der Waals surface area contributed by atoms with Crippen molar-refractivity contribution >= 4 is 160 Å². The molecule has 0 fully saturated rings. The summed E-state index contributed by atoms with van der Waals surface area (Å²) in [7, 11) is 0. The van der Waals surface area contributed by atoms with Gasteiger partial charge in [0.05, 0.1) is 71.7 Å². The summed E-state index contributed by atoms with van der Waals surface area (Å²) in [6.07, 6.45) is 20.0. The second-order valence-electron chi connectivity index (χ2n) is 31.9. The largest absolute Gasteiger partial charge is 0.311 e. The number of para-hydroxylation sites is 9. The van der Waals surface area contributed by atoms with Gasteiger partial charge in [-0.2, -0.15) is 0 Å². The molecular weight excluding hydrogens is 1410 g/mol. The van der Waals surface area contributed by atoms with Crippen LogP contribution in [0.1, 0.15) is 53.0 Å². The lowest BCUT2D eigenvalue weighted by Gasteiger charge is -2.20.